The molecule has 2 aromatic rings. The summed E-state index contributed by atoms with van der Waals surface area (Å²) in [6, 6.07) is -0.0141. The molecule has 6 heteroatoms. The summed E-state index contributed by atoms with van der Waals surface area (Å²) in [5, 5.41) is 9.55. The number of H-pyrrole nitrogens is 2. The van der Waals surface area contributed by atoms with Crippen LogP contribution in [0.5, 0.6) is 0 Å². The summed E-state index contributed by atoms with van der Waals surface area (Å²) in [5.41, 5.74) is 0.743. The van der Waals surface area contributed by atoms with Crippen LogP contribution < -0.4 is 10.9 Å². The molecule has 0 fully saturated rings. The Morgan fingerprint density at radius 2 is 2.40 bits per heavy atom. The number of nitrogens with zero attached hydrogens (tertiary/aromatic N) is 2. The standard InChI is InChI=1S/C9H11N5O/c1-6(7-4-12-13-5-7)14-8-9(15)11-3-2-10-8/h2-6H,1H3,(H,10,14)(H,11,15)(H,12,13). The van der Waals surface area contributed by atoms with Crippen LogP contribution in [-0.2, 0) is 0 Å². The third-order valence-corrected chi connectivity index (χ3v) is 2.08. The minimum Gasteiger partial charge on any atom is -0.359 e. The molecule has 0 aliphatic carbocycles. The fourth-order valence-electron chi connectivity index (χ4n) is 1.24. The molecule has 0 spiro atoms. The molecule has 1 unspecified atom stereocenters. The van der Waals surface area contributed by atoms with Crippen molar-refractivity contribution >= 4 is 5.82 Å². The van der Waals surface area contributed by atoms with Crippen LogP contribution in [-0.4, -0.2) is 20.2 Å². The van der Waals surface area contributed by atoms with E-state index in [1.165, 1.54) is 12.4 Å². The monoisotopic (exact) mass is 205 g/mol. The van der Waals surface area contributed by atoms with Gasteiger partial charge in [-0.05, 0) is 6.92 Å². The molecule has 78 valence electrons. The van der Waals surface area contributed by atoms with Crippen LogP contribution in [0.25, 0.3) is 0 Å². The van der Waals surface area contributed by atoms with Gasteiger partial charge in [0.1, 0.15) is 0 Å². The lowest BCUT2D eigenvalue weighted by Crippen LogP contribution is -2.17. The van der Waals surface area contributed by atoms with E-state index in [4.69, 9.17) is 0 Å². The van der Waals surface area contributed by atoms with Crippen molar-refractivity contribution in [1.29, 1.82) is 0 Å². The Labute approximate surface area is 85.8 Å². The average Bonchev–Trinajstić information content (AvgIpc) is 2.74. The zero-order valence-corrected chi connectivity index (χ0v) is 8.19. The highest BCUT2D eigenvalue weighted by atomic mass is 16.1. The van der Waals surface area contributed by atoms with E-state index in [9.17, 15) is 4.79 Å². The van der Waals surface area contributed by atoms with Crippen molar-refractivity contribution in [3.63, 3.8) is 0 Å². The zero-order chi connectivity index (χ0) is 10.7. The predicted molar refractivity (Wildman–Crippen MR) is 55.5 cm³/mol. The number of aromatic nitrogens is 4. The first-order chi connectivity index (χ1) is 7.27. The molecule has 2 aromatic heterocycles. The summed E-state index contributed by atoms with van der Waals surface area (Å²) in [4.78, 5) is 17.8. The van der Waals surface area contributed by atoms with Crippen LogP contribution in [0.15, 0.2) is 29.6 Å². The first kappa shape index (κ1) is 9.45. The maximum absolute atomic E-state index is 11.3. The lowest BCUT2D eigenvalue weighted by Gasteiger charge is -2.10. The normalized spacial score (nSPS) is 12.3. The van der Waals surface area contributed by atoms with Crippen molar-refractivity contribution in [2.45, 2.75) is 13.0 Å². The highest BCUT2D eigenvalue weighted by molar-refractivity contribution is 5.34. The topological polar surface area (TPSA) is 86.5 Å². The summed E-state index contributed by atoms with van der Waals surface area (Å²) in [6.07, 6.45) is 6.51. The molecule has 2 rings (SSSR count). The van der Waals surface area contributed by atoms with E-state index in [0.717, 1.165) is 5.56 Å². The van der Waals surface area contributed by atoms with E-state index >= 15 is 0 Å². The van der Waals surface area contributed by atoms with Gasteiger partial charge in [-0.25, -0.2) is 4.98 Å². The summed E-state index contributed by atoms with van der Waals surface area (Å²) in [5.74, 6) is 0.311. The van der Waals surface area contributed by atoms with Gasteiger partial charge in [-0.3, -0.25) is 9.89 Å². The van der Waals surface area contributed by atoms with Gasteiger partial charge in [0.25, 0.3) is 5.56 Å². The zero-order valence-electron chi connectivity index (χ0n) is 8.19. The summed E-state index contributed by atoms with van der Waals surface area (Å²) in [6.45, 7) is 1.93. The van der Waals surface area contributed by atoms with Crippen LogP contribution in [0.2, 0.25) is 0 Å². The minimum absolute atomic E-state index is 0.0141. The Kier molecular flexibility index (Phi) is 2.49. The number of anilines is 1. The molecule has 0 aromatic carbocycles. The predicted octanol–water partition coefficient (Wildman–Crippen LogP) is 0.666. The van der Waals surface area contributed by atoms with Gasteiger partial charge < -0.3 is 10.3 Å². The number of aromatic amines is 2. The van der Waals surface area contributed by atoms with Gasteiger partial charge in [0, 0.05) is 24.2 Å². The maximum atomic E-state index is 11.3. The molecule has 0 aliphatic rings. The van der Waals surface area contributed by atoms with Gasteiger partial charge in [-0.15, -0.1) is 0 Å². The molecule has 6 nitrogen and oxygen atoms in total. The largest absolute Gasteiger partial charge is 0.359 e. The molecule has 0 aliphatic heterocycles. The van der Waals surface area contributed by atoms with E-state index < -0.39 is 0 Å². The van der Waals surface area contributed by atoms with Crippen molar-refractivity contribution in [2.75, 3.05) is 5.32 Å². The lowest BCUT2D eigenvalue weighted by atomic mass is 10.2. The van der Waals surface area contributed by atoms with Crippen LogP contribution in [0.4, 0.5) is 5.82 Å². The molecule has 0 radical (unpaired) electrons. The average molecular weight is 205 g/mol. The molecule has 15 heavy (non-hydrogen) atoms. The van der Waals surface area contributed by atoms with E-state index in [2.05, 4.69) is 25.5 Å². The smallest absolute Gasteiger partial charge is 0.290 e. The number of hydrogen-bond acceptors (Lipinski definition) is 4. The number of nitrogens with one attached hydrogen (secondary N) is 3. The molecule has 0 saturated carbocycles. The number of hydrogen-bond donors (Lipinski definition) is 3. The Morgan fingerprint density at radius 3 is 3.07 bits per heavy atom. The highest BCUT2D eigenvalue weighted by Gasteiger charge is 2.08. The molecule has 2 heterocycles. The third kappa shape index (κ3) is 2.04. The maximum Gasteiger partial charge on any atom is 0.290 e. The van der Waals surface area contributed by atoms with Crippen LogP contribution in [0.1, 0.15) is 18.5 Å². The first-order valence-corrected chi connectivity index (χ1v) is 4.56. The van der Waals surface area contributed by atoms with Gasteiger partial charge in [0.15, 0.2) is 5.82 Å². The molecule has 0 amide bonds. The van der Waals surface area contributed by atoms with E-state index in [1.807, 2.05) is 6.92 Å². The van der Waals surface area contributed by atoms with E-state index in [1.54, 1.807) is 12.4 Å². The second kappa shape index (κ2) is 3.95. The van der Waals surface area contributed by atoms with Gasteiger partial charge in [0.05, 0.1) is 12.2 Å². The molecule has 1 atom stereocenters. The first-order valence-electron chi connectivity index (χ1n) is 4.56. The van der Waals surface area contributed by atoms with Gasteiger partial charge in [-0.1, -0.05) is 0 Å². The SMILES string of the molecule is CC(Nc1ncc[nH]c1=O)c1cn[nH]c1. The van der Waals surface area contributed by atoms with Crippen LogP contribution >= 0.6 is 0 Å². The van der Waals surface area contributed by atoms with Crippen molar-refractivity contribution < 1.29 is 0 Å². The fourth-order valence-corrected chi connectivity index (χ4v) is 1.24. The molecule has 0 bridgehead atoms. The van der Waals surface area contributed by atoms with Crippen LogP contribution in [0, 0.1) is 0 Å². The second-order valence-corrected chi connectivity index (χ2v) is 3.16. The van der Waals surface area contributed by atoms with Gasteiger partial charge in [-0.2, -0.15) is 5.10 Å². The quantitative estimate of drug-likeness (QED) is 0.687. The summed E-state index contributed by atoms with van der Waals surface area (Å²) >= 11 is 0. The van der Waals surface area contributed by atoms with Gasteiger partial charge in [0.2, 0.25) is 0 Å². The molecular formula is C9H11N5O. The summed E-state index contributed by atoms with van der Waals surface area (Å²) in [7, 11) is 0. The third-order valence-electron chi connectivity index (χ3n) is 2.08. The number of rotatable bonds is 3. The van der Waals surface area contributed by atoms with Crippen molar-refractivity contribution in [1.82, 2.24) is 20.2 Å². The van der Waals surface area contributed by atoms with Crippen molar-refractivity contribution in [3.05, 3.63) is 40.7 Å². The van der Waals surface area contributed by atoms with Gasteiger partial charge >= 0.3 is 0 Å². The fraction of sp³-hybridized carbons (Fsp3) is 0.222. The molecular weight excluding hydrogens is 194 g/mol. The van der Waals surface area contributed by atoms with Crippen LogP contribution in [0.3, 0.4) is 0 Å². The second-order valence-electron chi connectivity index (χ2n) is 3.16. The molecule has 3 N–H and O–H groups in total. The molecule has 0 saturated heterocycles. The Bertz CT molecular complexity index is 475. The van der Waals surface area contributed by atoms with E-state index in [-0.39, 0.29) is 11.6 Å². The minimum atomic E-state index is -0.229. The Balaban J connectivity index is 2.16. The summed E-state index contributed by atoms with van der Waals surface area (Å²) < 4.78 is 0. The Morgan fingerprint density at radius 1 is 1.53 bits per heavy atom. The highest BCUT2D eigenvalue weighted by Crippen LogP contribution is 2.13. The lowest BCUT2D eigenvalue weighted by molar-refractivity contribution is 0.867. The van der Waals surface area contributed by atoms with E-state index in [0.29, 0.717) is 5.82 Å². The van der Waals surface area contributed by atoms with Crippen molar-refractivity contribution in [3.8, 4) is 0 Å². The Hall–Kier alpha value is -2.11. The van der Waals surface area contributed by atoms with Crippen molar-refractivity contribution in [2.24, 2.45) is 0 Å².